The summed E-state index contributed by atoms with van der Waals surface area (Å²) in [5, 5.41) is 0. The number of benzene rings is 2. The number of carbonyl (C=O) groups is 4. The van der Waals surface area contributed by atoms with Crippen molar-refractivity contribution in [2.45, 2.75) is 26.2 Å². The van der Waals surface area contributed by atoms with E-state index in [4.69, 9.17) is 4.74 Å². The van der Waals surface area contributed by atoms with Crippen LogP contribution in [0.15, 0.2) is 48.5 Å². The van der Waals surface area contributed by atoms with Crippen LogP contribution in [-0.4, -0.2) is 23.6 Å². The molecule has 2 aromatic carbocycles. The molecule has 0 aromatic heterocycles. The standard InChI is InChI=1S/C24H21NO5/c1-13(26)18-4-2-3-5-19(18)30-24(29)14-8-10-17(11-9-14)25-22(27)20-15-6-7-16(12-15)21(20)23(25)28/h2-5,8-11,15-16,20-21H,6-7,12H2,1H3/t15-,16-,20-,21-/m0/s1. The summed E-state index contributed by atoms with van der Waals surface area (Å²) in [6, 6.07) is 12.8. The maximum absolute atomic E-state index is 12.9. The molecule has 3 aliphatic rings. The number of Topliss-reactive ketones (excluding diaryl/α,β-unsaturated/α-hetero) is 1. The van der Waals surface area contributed by atoms with Gasteiger partial charge in [0, 0.05) is 0 Å². The fourth-order valence-corrected chi connectivity index (χ4v) is 5.42. The molecule has 0 unspecified atom stereocenters. The fourth-order valence-electron chi connectivity index (χ4n) is 5.42. The van der Waals surface area contributed by atoms with Gasteiger partial charge in [0.1, 0.15) is 5.75 Å². The molecule has 2 aromatic rings. The number of ether oxygens (including phenoxy) is 1. The van der Waals surface area contributed by atoms with Crippen molar-refractivity contribution < 1.29 is 23.9 Å². The maximum Gasteiger partial charge on any atom is 0.343 e. The van der Waals surface area contributed by atoms with E-state index in [0.29, 0.717) is 23.1 Å². The molecule has 5 rings (SSSR count). The van der Waals surface area contributed by atoms with Crippen LogP contribution < -0.4 is 9.64 Å². The molecule has 3 fully saturated rings. The van der Waals surface area contributed by atoms with E-state index in [1.54, 1.807) is 36.4 Å². The van der Waals surface area contributed by atoms with Gasteiger partial charge in [-0.3, -0.25) is 19.3 Å². The number of anilines is 1. The molecular weight excluding hydrogens is 382 g/mol. The summed E-state index contributed by atoms with van der Waals surface area (Å²) in [5.41, 5.74) is 1.09. The molecule has 0 radical (unpaired) electrons. The molecule has 6 nitrogen and oxygen atoms in total. The number of imide groups is 1. The summed E-state index contributed by atoms with van der Waals surface area (Å²) < 4.78 is 5.39. The Morgan fingerprint density at radius 3 is 2.10 bits per heavy atom. The Labute approximate surface area is 173 Å². The van der Waals surface area contributed by atoms with E-state index in [1.165, 1.54) is 24.0 Å². The highest BCUT2D eigenvalue weighted by Crippen LogP contribution is 2.56. The fraction of sp³-hybridized carbons (Fsp3) is 0.333. The number of fused-ring (bicyclic) bond motifs is 5. The second-order valence-corrected chi connectivity index (χ2v) is 8.39. The number of nitrogens with zero attached hydrogens (tertiary/aromatic N) is 1. The first-order valence-electron chi connectivity index (χ1n) is 10.3. The van der Waals surface area contributed by atoms with E-state index in [9.17, 15) is 19.2 Å². The predicted molar refractivity (Wildman–Crippen MR) is 108 cm³/mol. The Hall–Kier alpha value is -3.28. The Morgan fingerprint density at radius 2 is 1.50 bits per heavy atom. The highest BCUT2D eigenvalue weighted by molar-refractivity contribution is 6.22. The van der Waals surface area contributed by atoms with Crippen molar-refractivity contribution in [2.24, 2.45) is 23.7 Å². The van der Waals surface area contributed by atoms with Gasteiger partial charge >= 0.3 is 5.97 Å². The Balaban J connectivity index is 1.35. The van der Waals surface area contributed by atoms with Crippen molar-refractivity contribution >= 4 is 29.3 Å². The molecule has 2 amide bonds. The van der Waals surface area contributed by atoms with E-state index >= 15 is 0 Å². The van der Waals surface area contributed by atoms with Gasteiger partial charge in [0.25, 0.3) is 0 Å². The lowest BCUT2D eigenvalue weighted by Crippen LogP contribution is -2.32. The highest BCUT2D eigenvalue weighted by Gasteiger charge is 2.61. The van der Waals surface area contributed by atoms with E-state index in [0.717, 1.165) is 19.3 Å². The van der Waals surface area contributed by atoms with Gasteiger partial charge in [-0.25, -0.2) is 4.79 Å². The Morgan fingerprint density at radius 1 is 0.900 bits per heavy atom. The zero-order valence-electron chi connectivity index (χ0n) is 16.5. The molecule has 30 heavy (non-hydrogen) atoms. The molecule has 1 saturated heterocycles. The summed E-state index contributed by atoms with van der Waals surface area (Å²) >= 11 is 0. The van der Waals surface area contributed by atoms with Gasteiger partial charge in [-0.1, -0.05) is 12.1 Å². The van der Waals surface area contributed by atoms with Crippen LogP contribution in [0.1, 0.15) is 46.9 Å². The minimum Gasteiger partial charge on any atom is -0.422 e. The topological polar surface area (TPSA) is 80.8 Å². The Kier molecular flexibility index (Phi) is 4.31. The van der Waals surface area contributed by atoms with Crippen molar-refractivity contribution in [3.05, 3.63) is 59.7 Å². The monoisotopic (exact) mass is 403 g/mol. The van der Waals surface area contributed by atoms with Crippen molar-refractivity contribution in [3.8, 4) is 5.75 Å². The SMILES string of the molecule is CC(=O)c1ccccc1OC(=O)c1ccc(N2C(=O)[C@H]3[C@H]4CC[C@@H](C4)[C@@H]3C2=O)cc1. The number of carbonyl (C=O) groups excluding carboxylic acids is 4. The molecule has 2 aliphatic carbocycles. The van der Waals surface area contributed by atoms with Crippen LogP contribution >= 0.6 is 0 Å². The zero-order valence-corrected chi connectivity index (χ0v) is 16.5. The summed E-state index contributed by atoms with van der Waals surface area (Å²) in [5.74, 6) is -0.510. The van der Waals surface area contributed by atoms with E-state index in [2.05, 4.69) is 0 Å². The quantitative estimate of drug-likeness (QED) is 0.337. The first-order chi connectivity index (χ1) is 14.5. The third kappa shape index (κ3) is 2.78. The van der Waals surface area contributed by atoms with Gasteiger partial charge in [0.05, 0.1) is 28.7 Å². The molecule has 1 aliphatic heterocycles. The normalized spacial score (nSPS) is 26.8. The molecule has 0 N–H and O–H groups in total. The van der Waals surface area contributed by atoms with Crippen molar-refractivity contribution in [1.29, 1.82) is 0 Å². The predicted octanol–water partition coefficient (Wildman–Crippen LogP) is 3.64. The number of hydrogen-bond donors (Lipinski definition) is 0. The third-order valence-corrected chi connectivity index (χ3v) is 6.76. The average molecular weight is 403 g/mol. The van der Waals surface area contributed by atoms with Crippen LogP contribution in [0.25, 0.3) is 0 Å². The van der Waals surface area contributed by atoms with E-state index in [-0.39, 0.29) is 40.7 Å². The first kappa shape index (κ1) is 18.7. The number of ketones is 1. The van der Waals surface area contributed by atoms with Crippen molar-refractivity contribution in [3.63, 3.8) is 0 Å². The van der Waals surface area contributed by atoms with Gasteiger partial charge in [-0.15, -0.1) is 0 Å². The Bertz CT molecular complexity index is 1050. The molecule has 2 bridgehead atoms. The van der Waals surface area contributed by atoms with Crippen LogP contribution in [0.2, 0.25) is 0 Å². The number of para-hydroxylation sites is 1. The first-order valence-corrected chi connectivity index (χ1v) is 10.3. The number of esters is 1. The lowest BCUT2D eigenvalue weighted by atomic mass is 9.81. The molecule has 6 heteroatoms. The van der Waals surface area contributed by atoms with Crippen LogP contribution in [-0.2, 0) is 9.59 Å². The minimum absolute atomic E-state index is 0.108. The molecule has 1 heterocycles. The number of rotatable bonds is 4. The van der Waals surface area contributed by atoms with Crippen LogP contribution in [0.3, 0.4) is 0 Å². The van der Waals surface area contributed by atoms with E-state index < -0.39 is 5.97 Å². The molecule has 4 atom stereocenters. The number of hydrogen-bond acceptors (Lipinski definition) is 5. The summed E-state index contributed by atoms with van der Waals surface area (Å²) in [6.07, 6.45) is 3.06. The van der Waals surface area contributed by atoms with Gasteiger partial charge < -0.3 is 4.74 Å². The van der Waals surface area contributed by atoms with Gasteiger partial charge in [0.2, 0.25) is 11.8 Å². The van der Waals surface area contributed by atoms with Crippen LogP contribution in [0.5, 0.6) is 5.75 Å². The summed E-state index contributed by atoms with van der Waals surface area (Å²) in [7, 11) is 0. The largest absolute Gasteiger partial charge is 0.422 e. The van der Waals surface area contributed by atoms with Gasteiger partial charge in [-0.05, 0) is 74.4 Å². The zero-order chi connectivity index (χ0) is 21.0. The lowest BCUT2D eigenvalue weighted by Gasteiger charge is -2.19. The summed E-state index contributed by atoms with van der Waals surface area (Å²) in [6.45, 7) is 1.41. The van der Waals surface area contributed by atoms with Gasteiger partial charge in [-0.2, -0.15) is 0 Å². The average Bonchev–Trinajstić information content (AvgIpc) is 3.42. The van der Waals surface area contributed by atoms with Crippen LogP contribution in [0.4, 0.5) is 5.69 Å². The van der Waals surface area contributed by atoms with Crippen LogP contribution in [0, 0.1) is 23.7 Å². The van der Waals surface area contributed by atoms with Gasteiger partial charge in [0.15, 0.2) is 5.78 Å². The van der Waals surface area contributed by atoms with E-state index in [1.807, 2.05) is 0 Å². The summed E-state index contributed by atoms with van der Waals surface area (Å²) in [4.78, 5) is 51.4. The molecule has 2 saturated carbocycles. The molecule has 0 spiro atoms. The smallest absolute Gasteiger partial charge is 0.343 e. The second-order valence-electron chi connectivity index (χ2n) is 8.39. The maximum atomic E-state index is 12.9. The van der Waals surface area contributed by atoms with Crippen molar-refractivity contribution in [2.75, 3.05) is 4.90 Å². The second kappa shape index (κ2) is 6.90. The highest BCUT2D eigenvalue weighted by atomic mass is 16.5. The molecule has 152 valence electrons. The molecular formula is C24H21NO5. The minimum atomic E-state index is -0.607. The number of amides is 2. The lowest BCUT2D eigenvalue weighted by molar-refractivity contribution is -0.123. The van der Waals surface area contributed by atoms with Crippen molar-refractivity contribution in [1.82, 2.24) is 0 Å². The third-order valence-electron chi connectivity index (χ3n) is 6.76.